The fourth-order valence-electron chi connectivity index (χ4n) is 8.54. The molecular weight excluding hydrogens is 901 g/mol. The molecule has 1 aliphatic heterocycles. The number of ether oxygens (including phenoxy) is 5. The Morgan fingerprint density at radius 3 is 1.35 bits per heavy atom. The second-order valence-electron chi connectivity index (χ2n) is 19.6. The van der Waals surface area contributed by atoms with E-state index in [0.717, 1.165) is 89.9 Å². The number of carboxylic acid groups (broad SMARTS) is 1. The number of aliphatic hydroxyl groups excluding tert-OH is 2. The molecule has 410 valence electrons. The maximum absolute atomic E-state index is 13.1. The van der Waals surface area contributed by atoms with Crippen LogP contribution in [0.4, 0.5) is 0 Å². The first-order valence-corrected chi connectivity index (χ1v) is 28.6. The Morgan fingerprint density at radius 1 is 0.479 bits per heavy atom. The van der Waals surface area contributed by atoms with Gasteiger partial charge in [0.05, 0.1) is 6.61 Å². The molecule has 71 heavy (non-hydrogen) atoms. The van der Waals surface area contributed by atoms with Gasteiger partial charge in [0, 0.05) is 19.3 Å². The lowest BCUT2D eigenvalue weighted by Crippen LogP contribution is -2.61. The Morgan fingerprint density at radius 2 is 0.887 bits per heavy atom. The number of carboxylic acids is 1. The highest BCUT2D eigenvalue weighted by molar-refractivity contribution is 5.74. The van der Waals surface area contributed by atoms with E-state index in [1.54, 1.807) is 0 Å². The summed E-state index contributed by atoms with van der Waals surface area (Å²) in [6.45, 7) is 5.86. The molecule has 1 saturated heterocycles. The van der Waals surface area contributed by atoms with Crippen molar-refractivity contribution in [3.8, 4) is 0 Å². The van der Waals surface area contributed by atoms with Crippen LogP contribution in [0.1, 0.15) is 252 Å². The molecular formula is C59H102O12. The molecule has 12 heteroatoms. The Bertz CT molecular complexity index is 1420. The summed E-state index contributed by atoms with van der Waals surface area (Å²) >= 11 is 0. The van der Waals surface area contributed by atoms with Gasteiger partial charge >= 0.3 is 23.9 Å². The van der Waals surface area contributed by atoms with E-state index in [4.69, 9.17) is 23.7 Å². The van der Waals surface area contributed by atoms with Gasteiger partial charge in [0.25, 0.3) is 0 Å². The third kappa shape index (κ3) is 38.0. The first kappa shape index (κ1) is 65.7. The predicted octanol–water partition coefficient (Wildman–Crippen LogP) is 14.2. The summed E-state index contributed by atoms with van der Waals surface area (Å²) in [6, 6.07) is 0. The number of esters is 3. The summed E-state index contributed by atoms with van der Waals surface area (Å²) in [5.74, 6) is -3.13. The fourth-order valence-corrected chi connectivity index (χ4v) is 8.54. The molecule has 1 heterocycles. The van der Waals surface area contributed by atoms with Crippen LogP contribution in [-0.2, 0) is 42.9 Å². The van der Waals surface area contributed by atoms with E-state index in [-0.39, 0.29) is 25.9 Å². The summed E-state index contributed by atoms with van der Waals surface area (Å²) in [7, 11) is 0. The number of carbonyl (C=O) groups is 4. The van der Waals surface area contributed by atoms with Crippen LogP contribution in [0, 0.1) is 0 Å². The van der Waals surface area contributed by atoms with Crippen molar-refractivity contribution in [2.75, 3.05) is 13.2 Å². The zero-order valence-corrected chi connectivity index (χ0v) is 45.0. The summed E-state index contributed by atoms with van der Waals surface area (Å²) < 4.78 is 28.4. The highest BCUT2D eigenvalue weighted by Gasteiger charge is 2.50. The lowest BCUT2D eigenvalue weighted by Gasteiger charge is -2.40. The average molecular weight is 1000 g/mol. The molecule has 0 amide bonds. The normalized spacial score (nSPS) is 18.8. The van der Waals surface area contributed by atoms with E-state index in [1.807, 2.05) is 0 Å². The van der Waals surface area contributed by atoms with E-state index in [9.17, 15) is 34.5 Å². The first-order chi connectivity index (χ1) is 34.6. The predicted molar refractivity (Wildman–Crippen MR) is 285 cm³/mol. The van der Waals surface area contributed by atoms with Crippen molar-refractivity contribution in [3.63, 3.8) is 0 Å². The molecule has 0 bridgehead atoms. The SMILES string of the molecule is CC/C=C\C/C=C\C/C=C\C/C=C\CCCCCCC(=O)OC1C(OCC(COC(=O)CCCCCCCCCCCCCCC)OC(=O)CCCCCCCCCCCCC)OC(C(=O)O)C(O)C1O. The zero-order chi connectivity index (χ0) is 51.8. The molecule has 0 spiro atoms. The number of aliphatic hydroxyl groups is 2. The Labute approximate surface area is 431 Å². The number of allylic oxidation sites excluding steroid dienone is 8. The van der Waals surface area contributed by atoms with Crippen LogP contribution in [0.25, 0.3) is 0 Å². The third-order valence-electron chi connectivity index (χ3n) is 12.9. The standard InChI is InChI=1S/C59H102O12/c1-4-7-10-13-16-19-22-24-25-26-27-29-32-35-38-41-44-47-53(62)70-57-55(64)54(63)56(58(65)66)71-59(57)68-49-50(69-52(61)46-43-40-37-34-30-21-18-15-12-9-6-3)48-67-51(60)45-42-39-36-33-31-28-23-20-17-14-11-8-5-2/h7,10,16,19,24-25,27,29,50,54-57,59,63-64H,4-6,8-9,11-15,17-18,20-23,26,28,30-49H2,1-3H3,(H,65,66)/b10-7-,19-16-,25-24-,29-27-. The van der Waals surface area contributed by atoms with Crippen LogP contribution in [0.15, 0.2) is 48.6 Å². The lowest BCUT2D eigenvalue weighted by atomic mass is 9.98. The highest BCUT2D eigenvalue weighted by Crippen LogP contribution is 2.26. The molecule has 0 aromatic rings. The number of rotatable bonds is 48. The van der Waals surface area contributed by atoms with Gasteiger partial charge in [-0.15, -0.1) is 0 Å². The number of hydrogen-bond acceptors (Lipinski definition) is 11. The minimum atomic E-state index is -1.91. The molecule has 6 unspecified atom stereocenters. The largest absolute Gasteiger partial charge is 0.479 e. The molecule has 1 rings (SSSR count). The van der Waals surface area contributed by atoms with Crippen LogP contribution in [0.3, 0.4) is 0 Å². The Hall–Kier alpha value is -3.32. The molecule has 3 N–H and O–H groups in total. The summed E-state index contributed by atoms with van der Waals surface area (Å²) in [5.41, 5.74) is 0. The monoisotopic (exact) mass is 1000 g/mol. The van der Waals surface area contributed by atoms with Gasteiger partial charge in [-0.05, 0) is 57.8 Å². The summed E-state index contributed by atoms with van der Waals surface area (Å²) in [5, 5.41) is 31.4. The van der Waals surface area contributed by atoms with Crippen molar-refractivity contribution in [1.29, 1.82) is 0 Å². The van der Waals surface area contributed by atoms with E-state index in [2.05, 4.69) is 69.4 Å². The number of carbonyl (C=O) groups excluding carboxylic acids is 3. The van der Waals surface area contributed by atoms with Gasteiger partial charge in [0.1, 0.15) is 18.8 Å². The number of unbranched alkanes of at least 4 members (excludes halogenated alkanes) is 26. The smallest absolute Gasteiger partial charge is 0.335 e. The molecule has 1 aliphatic rings. The molecule has 6 atom stereocenters. The second-order valence-corrected chi connectivity index (χ2v) is 19.6. The quantitative estimate of drug-likeness (QED) is 0.0228. The second kappa shape index (κ2) is 47.7. The van der Waals surface area contributed by atoms with Gasteiger partial charge in [-0.25, -0.2) is 4.79 Å². The van der Waals surface area contributed by atoms with Crippen molar-refractivity contribution in [1.82, 2.24) is 0 Å². The average Bonchev–Trinajstić information content (AvgIpc) is 3.35. The van der Waals surface area contributed by atoms with Crippen molar-refractivity contribution >= 4 is 23.9 Å². The molecule has 0 aliphatic carbocycles. The first-order valence-electron chi connectivity index (χ1n) is 28.6. The van der Waals surface area contributed by atoms with Crippen molar-refractivity contribution in [3.05, 3.63) is 48.6 Å². The minimum absolute atomic E-state index is 0.0346. The van der Waals surface area contributed by atoms with Crippen LogP contribution >= 0.6 is 0 Å². The van der Waals surface area contributed by atoms with E-state index in [0.29, 0.717) is 19.3 Å². The van der Waals surface area contributed by atoms with Crippen LogP contribution < -0.4 is 0 Å². The molecule has 1 fully saturated rings. The van der Waals surface area contributed by atoms with Crippen molar-refractivity contribution < 1.29 is 58.2 Å². The van der Waals surface area contributed by atoms with Crippen molar-refractivity contribution in [2.45, 2.75) is 289 Å². The van der Waals surface area contributed by atoms with Crippen LogP contribution in [0.5, 0.6) is 0 Å². The van der Waals surface area contributed by atoms with Crippen LogP contribution in [0.2, 0.25) is 0 Å². The van der Waals surface area contributed by atoms with E-state index in [1.165, 1.54) is 103 Å². The summed E-state index contributed by atoms with van der Waals surface area (Å²) in [6.07, 6.45) is 43.7. The zero-order valence-electron chi connectivity index (χ0n) is 45.0. The lowest BCUT2D eigenvalue weighted by molar-refractivity contribution is -0.301. The van der Waals surface area contributed by atoms with E-state index >= 15 is 0 Å². The summed E-state index contributed by atoms with van der Waals surface area (Å²) in [4.78, 5) is 51.0. The number of aliphatic carboxylic acids is 1. The molecule has 12 nitrogen and oxygen atoms in total. The third-order valence-corrected chi connectivity index (χ3v) is 12.9. The van der Waals surface area contributed by atoms with Gasteiger partial charge in [-0.1, -0.05) is 223 Å². The topological polar surface area (TPSA) is 175 Å². The number of hydrogen-bond donors (Lipinski definition) is 3. The van der Waals surface area contributed by atoms with E-state index < -0.39 is 67.3 Å². The van der Waals surface area contributed by atoms with Gasteiger partial charge < -0.3 is 39.0 Å². The van der Waals surface area contributed by atoms with Crippen molar-refractivity contribution in [2.24, 2.45) is 0 Å². The van der Waals surface area contributed by atoms with Gasteiger partial charge in [-0.2, -0.15) is 0 Å². The van der Waals surface area contributed by atoms with Gasteiger partial charge in [0.15, 0.2) is 24.6 Å². The maximum Gasteiger partial charge on any atom is 0.335 e. The van der Waals surface area contributed by atoms with Crippen LogP contribution in [-0.4, -0.2) is 89.2 Å². The fraction of sp³-hybridized carbons (Fsp3) is 0.797. The van der Waals surface area contributed by atoms with Gasteiger partial charge in [0.2, 0.25) is 0 Å². The molecule has 0 saturated carbocycles. The maximum atomic E-state index is 13.1. The molecule has 0 radical (unpaired) electrons. The molecule has 0 aromatic carbocycles. The van der Waals surface area contributed by atoms with Gasteiger partial charge in [-0.3, -0.25) is 14.4 Å². The Balaban J connectivity index is 2.70. The minimum Gasteiger partial charge on any atom is -0.479 e. The highest BCUT2D eigenvalue weighted by atomic mass is 16.7. The Kier molecular flexibility index (Phi) is 44.1. The molecule has 0 aromatic heterocycles.